The summed E-state index contributed by atoms with van der Waals surface area (Å²) in [7, 11) is 1.63. The predicted molar refractivity (Wildman–Crippen MR) is 129 cm³/mol. The van der Waals surface area contributed by atoms with Gasteiger partial charge in [0.1, 0.15) is 11.9 Å². The van der Waals surface area contributed by atoms with E-state index in [1.54, 1.807) is 49.9 Å². The van der Waals surface area contributed by atoms with Gasteiger partial charge in [-0.1, -0.05) is 6.42 Å². The fraction of sp³-hybridized carbons (Fsp3) is 0.458. The van der Waals surface area contributed by atoms with Gasteiger partial charge in [-0.05, 0) is 61.4 Å². The van der Waals surface area contributed by atoms with Crippen molar-refractivity contribution in [2.75, 3.05) is 24.2 Å². The number of nitrogen functional groups attached to an aromatic ring is 1. The standard InChI is InChI=1S/C24H29ClN6O3/c1-30(18-6-8-27-9-7-18)23(33)21-19(12-15-5-10-28-20(26)13-15)22(32)31(21)24(34)29-14-16-3-2-4-17(25)11-16/h5-10,13,16-17,19,21H,2-4,11-12,14H2,1H3,(H2,26,28)(H,29,34)/t16?,17?,19?,21-/m0/s1. The van der Waals surface area contributed by atoms with E-state index in [9.17, 15) is 14.4 Å². The lowest BCUT2D eigenvalue weighted by molar-refractivity contribution is -0.156. The molecule has 1 saturated carbocycles. The fourth-order valence-electron chi connectivity index (χ4n) is 4.75. The topological polar surface area (TPSA) is 122 Å². The Bertz CT molecular complexity index is 1050. The number of carbonyl (C=O) groups excluding carboxylic acids is 3. The van der Waals surface area contributed by atoms with Crippen LogP contribution in [0.5, 0.6) is 0 Å². The number of nitrogens with two attached hydrogens (primary N) is 1. The molecule has 10 heteroatoms. The van der Waals surface area contributed by atoms with Crippen LogP contribution in [0.15, 0.2) is 42.9 Å². The zero-order valence-corrected chi connectivity index (χ0v) is 19.8. The van der Waals surface area contributed by atoms with Crippen molar-refractivity contribution >= 4 is 41.0 Å². The zero-order valence-electron chi connectivity index (χ0n) is 19.1. The Labute approximate surface area is 203 Å². The first kappa shape index (κ1) is 23.9. The maximum absolute atomic E-state index is 13.5. The number of carbonyl (C=O) groups is 3. The number of nitrogens with one attached hydrogen (secondary N) is 1. The number of likely N-dealkylation sites (tertiary alicyclic amines) is 1. The van der Waals surface area contributed by atoms with E-state index in [4.69, 9.17) is 17.3 Å². The van der Waals surface area contributed by atoms with Gasteiger partial charge >= 0.3 is 6.03 Å². The Balaban J connectivity index is 1.51. The molecule has 2 fully saturated rings. The molecule has 4 amide bonds. The van der Waals surface area contributed by atoms with E-state index in [1.807, 2.05) is 0 Å². The van der Waals surface area contributed by atoms with Gasteiger partial charge in [0.15, 0.2) is 0 Å². The second-order valence-corrected chi connectivity index (χ2v) is 9.59. The molecule has 3 N–H and O–H groups in total. The van der Waals surface area contributed by atoms with Crippen molar-refractivity contribution in [3.8, 4) is 0 Å². The van der Waals surface area contributed by atoms with Crippen LogP contribution in [-0.2, 0) is 16.0 Å². The van der Waals surface area contributed by atoms with E-state index >= 15 is 0 Å². The molecule has 3 unspecified atom stereocenters. The summed E-state index contributed by atoms with van der Waals surface area (Å²) < 4.78 is 0. The van der Waals surface area contributed by atoms with Crippen molar-refractivity contribution in [1.29, 1.82) is 0 Å². The van der Waals surface area contributed by atoms with Crippen LogP contribution in [0.25, 0.3) is 0 Å². The number of urea groups is 1. The number of anilines is 2. The highest BCUT2D eigenvalue weighted by Crippen LogP contribution is 2.33. The van der Waals surface area contributed by atoms with Crippen LogP contribution in [0.4, 0.5) is 16.3 Å². The number of β-lactam (4-membered cyclic amide) rings is 1. The first-order valence-electron chi connectivity index (χ1n) is 11.5. The minimum Gasteiger partial charge on any atom is -0.384 e. The van der Waals surface area contributed by atoms with Gasteiger partial charge in [0.05, 0.1) is 5.92 Å². The molecule has 9 nitrogen and oxygen atoms in total. The highest BCUT2D eigenvalue weighted by Gasteiger charge is 2.55. The molecule has 2 aromatic rings. The molecule has 2 aromatic heterocycles. The maximum atomic E-state index is 13.5. The van der Waals surface area contributed by atoms with Crippen molar-refractivity contribution in [2.45, 2.75) is 43.5 Å². The summed E-state index contributed by atoms with van der Waals surface area (Å²) in [6.45, 7) is 0.429. The molecule has 0 bridgehead atoms. The van der Waals surface area contributed by atoms with Crippen molar-refractivity contribution in [3.05, 3.63) is 48.4 Å². The highest BCUT2D eigenvalue weighted by atomic mass is 35.5. The van der Waals surface area contributed by atoms with Gasteiger partial charge in [-0.15, -0.1) is 11.6 Å². The zero-order chi connectivity index (χ0) is 24.2. The van der Waals surface area contributed by atoms with Gasteiger partial charge in [0.25, 0.3) is 5.91 Å². The Kier molecular flexibility index (Phi) is 7.31. The van der Waals surface area contributed by atoms with E-state index in [1.165, 1.54) is 4.90 Å². The lowest BCUT2D eigenvalue weighted by Gasteiger charge is -2.45. The van der Waals surface area contributed by atoms with E-state index in [0.29, 0.717) is 18.1 Å². The monoisotopic (exact) mass is 484 g/mol. The smallest absolute Gasteiger partial charge is 0.324 e. The number of imide groups is 1. The third kappa shape index (κ3) is 5.14. The Morgan fingerprint density at radius 1 is 1.24 bits per heavy atom. The van der Waals surface area contributed by atoms with Crippen molar-refractivity contribution in [2.24, 2.45) is 11.8 Å². The molecular formula is C24H29ClN6O3. The average Bonchev–Trinajstić information content (AvgIpc) is 2.84. The Hall–Kier alpha value is -3.20. The number of hydrogen-bond acceptors (Lipinski definition) is 6. The quantitative estimate of drug-likeness (QED) is 0.480. The second kappa shape index (κ2) is 10.4. The van der Waals surface area contributed by atoms with Crippen LogP contribution in [-0.4, -0.2) is 57.7 Å². The fourth-order valence-corrected chi connectivity index (χ4v) is 5.16. The summed E-state index contributed by atoms with van der Waals surface area (Å²) >= 11 is 6.27. The first-order valence-corrected chi connectivity index (χ1v) is 11.9. The molecule has 1 aliphatic carbocycles. The van der Waals surface area contributed by atoms with E-state index in [0.717, 1.165) is 36.1 Å². The van der Waals surface area contributed by atoms with E-state index < -0.39 is 18.0 Å². The van der Waals surface area contributed by atoms with Crippen LogP contribution in [0, 0.1) is 11.8 Å². The van der Waals surface area contributed by atoms with Crippen LogP contribution in [0.2, 0.25) is 0 Å². The number of hydrogen-bond donors (Lipinski definition) is 2. The summed E-state index contributed by atoms with van der Waals surface area (Å²) in [6, 6.07) is 5.36. The normalized spacial score (nSPS) is 24.3. The lowest BCUT2D eigenvalue weighted by atomic mass is 9.81. The van der Waals surface area contributed by atoms with Crippen LogP contribution in [0.3, 0.4) is 0 Å². The summed E-state index contributed by atoms with van der Waals surface area (Å²) in [4.78, 5) is 50.1. The number of alkyl halides is 1. The third-order valence-electron chi connectivity index (χ3n) is 6.63. The minimum atomic E-state index is -0.924. The molecule has 2 aliphatic rings. The molecule has 4 rings (SSSR count). The summed E-state index contributed by atoms with van der Waals surface area (Å²) in [5, 5.41) is 2.97. The van der Waals surface area contributed by atoms with Crippen molar-refractivity contribution < 1.29 is 14.4 Å². The molecule has 34 heavy (non-hydrogen) atoms. The van der Waals surface area contributed by atoms with Crippen molar-refractivity contribution in [1.82, 2.24) is 20.2 Å². The molecular weight excluding hydrogens is 456 g/mol. The predicted octanol–water partition coefficient (Wildman–Crippen LogP) is 2.60. The number of likely N-dealkylation sites (N-methyl/N-ethyl adjacent to an activating group) is 1. The largest absolute Gasteiger partial charge is 0.384 e. The van der Waals surface area contributed by atoms with Gasteiger partial charge in [0.2, 0.25) is 5.91 Å². The number of halogens is 1. The van der Waals surface area contributed by atoms with Crippen LogP contribution < -0.4 is 16.0 Å². The van der Waals surface area contributed by atoms with Gasteiger partial charge in [-0.2, -0.15) is 0 Å². The summed E-state index contributed by atoms with van der Waals surface area (Å²) in [5.74, 6) is -0.799. The van der Waals surface area contributed by atoms with Gasteiger partial charge < -0.3 is 16.0 Å². The number of amides is 4. The summed E-state index contributed by atoms with van der Waals surface area (Å²) in [6.07, 6.45) is 8.83. The van der Waals surface area contributed by atoms with Crippen molar-refractivity contribution in [3.63, 3.8) is 0 Å². The number of pyridine rings is 2. The molecule has 0 radical (unpaired) electrons. The van der Waals surface area contributed by atoms with Gasteiger partial charge in [-0.25, -0.2) is 9.78 Å². The summed E-state index contributed by atoms with van der Waals surface area (Å²) in [5.41, 5.74) is 7.19. The Morgan fingerprint density at radius 3 is 2.71 bits per heavy atom. The SMILES string of the molecule is CN(C(=O)[C@@H]1C(Cc2ccnc(N)c2)C(=O)N1C(=O)NCC1CCCC(Cl)C1)c1ccncc1. The average molecular weight is 485 g/mol. The Morgan fingerprint density at radius 2 is 2.00 bits per heavy atom. The van der Waals surface area contributed by atoms with Gasteiger partial charge in [0, 0.05) is 43.2 Å². The third-order valence-corrected chi connectivity index (χ3v) is 7.02. The molecule has 1 saturated heterocycles. The second-order valence-electron chi connectivity index (χ2n) is 8.97. The first-order chi connectivity index (χ1) is 16.3. The van der Waals surface area contributed by atoms with Crippen LogP contribution in [0.1, 0.15) is 31.2 Å². The van der Waals surface area contributed by atoms with E-state index in [-0.39, 0.29) is 29.5 Å². The molecule has 0 spiro atoms. The highest BCUT2D eigenvalue weighted by molar-refractivity contribution is 6.20. The van der Waals surface area contributed by atoms with Gasteiger partial charge in [-0.3, -0.25) is 19.5 Å². The number of aromatic nitrogens is 2. The molecule has 1 aliphatic heterocycles. The van der Waals surface area contributed by atoms with Crippen LogP contribution >= 0.6 is 11.6 Å². The minimum absolute atomic E-state index is 0.113. The maximum Gasteiger partial charge on any atom is 0.324 e. The molecule has 0 aromatic carbocycles. The molecule has 3 heterocycles. The molecule has 4 atom stereocenters. The number of rotatable bonds is 6. The van der Waals surface area contributed by atoms with E-state index in [2.05, 4.69) is 15.3 Å². The molecule has 180 valence electrons. The lowest BCUT2D eigenvalue weighted by Crippen LogP contribution is -2.70. The number of nitrogens with zero attached hydrogens (tertiary/aromatic N) is 4.